The maximum Gasteiger partial charge on any atom is 0.197 e. The lowest BCUT2D eigenvalue weighted by atomic mass is 9.80. The van der Waals surface area contributed by atoms with Crippen LogP contribution < -0.4 is 10.6 Å². The summed E-state index contributed by atoms with van der Waals surface area (Å²) in [4.78, 5) is 13.3. The average molecular weight is 352 g/mol. The third-order valence-electron chi connectivity index (χ3n) is 4.43. The fourth-order valence-corrected chi connectivity index (χ4v) is 3.12. The normalized spacial score (nSPS) is 13.9. The first-order valence-electron chi connectivity index (χ1n) is 8.67. The lowest BCUT2D eigenvalue weighted by Gasteiger charge is -2.25. The van der Waals surface area contributed by atoms with E-state index in [4.69, 9.17) is 0 Å². The van der Waals surface area contributed by atoms with Gasteiger partial charge in [-0.15, -0.1) is 0 Å². The van der Waals surface area contributed by atoms with Gasteiger partial charge in [-0.3, -0.25) is 4.79 Å². The van der Waals surface area contributed by atoms with Crippen molar-refractivity contribution in [2.45, 2.75) is 26.2 Å². The van der Waals surface area contributed by atoms with Crippen LogP contribution in [0.5, 0.6) is 11.5 Å². The molecule has 0 radical (unpaired) electrons. The average Bonchev–Trinajstić information content (AvgIpc) is 3.12. The lowest BCUT2D eigenvalue weighted by molar-refractivity contribution is 0.105. The Morgan fingerprint density at radius 2 is 1.54 bits per heavy atom. The van der Waals surface area contributed by atoms with Crippen molar-refractivity contribution in [1.29, 1.82) is 0 Å². The number of phenols is 2. The number of allylic oxidation sites excluding steroid dienone is 1. The minimum absolute atomic E-state index is 0.141. The van der Waals surface area contributed by atoms with Gasteiger partial charge in [0.1, 0.15) is 5.82 Å². The van der Waals surface area contributed by atoms with Crippen molar-refractivity contribution in [2.24, 2.45) is 0 Å². The van der Waals surface area contributed by atoms with Crippen LogP contribution in [0.3, 0.4) is 0 Å². The van der Waals surface area contributed by atoms with Crippen LogP contribution >= 0.6 is 0 Å². The Hall–Kier alpha value is -2.95. The van der Waals surface area contributed by atoms with Crippen molar-refractivity contribution >= 4 is 11.4 Å². The van der Waals surface area contributed by atoms with Crippen LogP contribution in [0.1, 0.15) is 42.3 Å². The highest BCUT2D eigenvalue weighted by molar-refractivity contribution is 6.30. The highest BCUT2D eigenvalue weighted by Gasteiger charge is 2.29. The number of nitrogens with one attached hydrogen (secondary N) is 2. The number of carbonyl (C=O) groups is 1. The molecule has 3 rings (SSSR count). The maximum atomic E-state index is 13.3. The molecule has 0 aromatic heterocycles. The van der Waals surface area contributed by atoms with Crippen LogP contribution in [0, 0.1) is 0 Å². The number of Topliss-reactive ketones (excluding diaryl/α,β-unsaturated/α-hetero) is 1. The van der Waals surface area contributed by atoms with Crippen molar-refractivity contribution in [1.82, 2.24) is 10.6 Å². The SMILES string of the molecule is CC(C)(C)c1cc(O)c(O)cc1C(C(=O)c1ccccc1)=C1NCCN1. The third kappa shape index (κ3) is 3.38. The molecule has 0 saturated carbocycles. The van der Waals surface area contributed by atoms with E-state index in [-0.39, 0.29) is 22.7 Å². The molecule has 5 nitrogen and oxygen atoms in total. The van der Waals surface area contributed by atoms with Gasteiger partial charge in [0.2, 0.25) is 0 Å². The molecule has 2 aromatic rings. The summed E-state index contributed by atoms with van der Waals surface area (Å²) in [6.45, 7) is 7.46. The molecule has 0 unspecified atom stereocenters. The second kappa shape index (κ2) is 6.75. The van der Waals surface area contributed by atoms with E-state index in [1.54, 1.807) is 18.2 Å². The zero-order valence-electron chi connectivity index (χ0n) is 15.3. The second-order valence-electron chi connectivity index (χ2n) is 7.44. The predicted octanol–water partition coefficient (Wildman–Crippen LogP) is 3.14. The number of benzene rings is 2. The highest BCUT2D eigenvalue weighted by atomic mass is 16.3. The minimum Gasteiger partial charge on any atom is -0.504 e. The van der Waals surface area contributed by atoms with E-state index in [1.807, 2.05) is 39.0 Å². The Balaban J connectivity index is 2.26. The summed E-state index contributed by atoms with van der Waals surface area (Å²) in [6, 6.07) is 12.1. The molecule has 0 amide bonds. The Morgan fingerprint density at radius 3 is 2.12 bits per heavy atom. The fourth-order valence-electron chi connectivity index (χ4n) is 3.12. The van der Waals surface area contributed by atoms with Crippen LogP contribution in [-0.2, 0) is 5.41 Å². The maximum absolute atomic E-state index is 13.3. The third-order valence-corrected chi connectivity index (χ3v) is 4.43. The zero-order chi connectivity index (χ0) is 18.9. The Bertz CT molecular complexity index is 857. The molecule has 1 aliphatic rings. The Kier molecular flexibility index (Phi) is 4.64. The molecule has 5 heteroatoms. The van der Waals surface area contributed by atoms with Gasteiger partial charge in [-0.25, -0.2) is 0 Å². The molecule has 1 aliphatic heterocycles. The molecule has 1 saturated heterocycles. The summed E-state index contributed by atoms with van der Waals surface area (Å²) in [6.07, 6.45) is 0. The van der Waals surface area contributed by atoms with E-state index < -0.39 is 0 Å². The van der Waals surface area contributed by atoms with Crippen LogP contribution in [0.15, 0.2) is 48.3 Å². The van der Waals surface area contributed by atoms with Crippen LogP contribution in [0.25, 0.3) is 5.57 Å². The first kappa shape index (κ1) is 17.9. The first-order valence-corrected chi connectivity index (χ1v) is 8.67. The molecular weight excluding hydrogens is 328 g/mol. The minimum atomic E-state index is -0.331. The molecule has 4 N–H and O–H groups in total. The predicted molar refractivity (Wildman–Crippen MR) is 102 cm³/mol. The van der Waals surface area contributed by atoms with Gasteiger partial charge in [-0.2, -0.15) is 0 Å². The molecule has 136 valence electrons. The summed E-state index contributed by atoms with van der Waals surface area (Å²) in [7, 11) is 0. The quantitative estimate of drug-likeness (QED) is 0.388. The molecule has 1 fully saturated rings. The number of carbonyl (C=O) groups excluding carboxylic acids is 1. The monoisotopic (exact) mass is 352 g/mol. The molecular formula is C21H24N2O3. The van der Waals surface area contributed by atoms with Gasteiger partial charge in [0.15, 0.2) is 17.3 Å². The van der Waals surface area contributed by atoms with Crippen molar-refractivity contribution in [3.05, 3.63) is 65.0 Å². The van der Waals surface area contributed by atoms with Crippen molar-refractivity contribution in [3.8, 4) is 11.5 Å². The van der Waals surface area contributed by atoms with Gasteiger partial charge >= 0.3 is 0 Å². The van der Waals surface area contributed by atoms with Crippen LogP contribution in [0.2, 0.25) is 0 Å². The number of rotatable bonds is 3. The van der Waals surface area contributed by atoms with E-state index in [1.165, 1.54) is 6.07 Å². The van der Waals surface area contributed by atoms with E-state index in [2.05, 4.69) is 10.6 Å². The molecule has 0 bridgehead atoms. The molecule has 2 aromatic carbocycles. The van der Waals surface area contributed by atoms with E-state index >= 15 is 0 Å². The van der Waals surface area contributed by atoms with Gasteiger partial charge in [0.05, 0.1) is 5.57 Å². The Labute approximate surface area is 153 Å². The number of hydrogen-bond acceptors (Lipinski definition) is 5. The standard InChI is InChI=1S/C21H24N2O3/c1-21(2,3)15-12-17(25)16(24)11-14(15)18(20-22-9-10-23-20)19(26)13-7-5-4-6-8-13/h4-8,11-12,22-25H,9-10H2,1-3H3. The largest absolute Gasteiger partial charge is 0.504 e. The van der Waals surface area contributed by atoms with Gasteiger partial charge in [0.25, 0.3) is 0 Å². The lowest BCUT2D eigenvalue weighted by Crippen LogP contribution is -2.21. The van der Waals surface area contributed by atoms with Gasteiger partial charge in [-0.1, -0.05) is 51.1 Å². The first-order chi connectivity index (χ1) is 12.3. The zero-order valence-corrected chi connectivity index (χ0v) is 15.3. The Morgan fingerprint density at radius 1 is 0.962 bits per heavy atom. The number of ketones is 1. The van der Waals surface area contributed by atoms with Gasteiger partial charge in [0, 0.05) is 18.7 Å². The highest BCUT2D eigenvalue weighted by Crippen LogP contribution is 2.39. The van der Waals surface area contributed by atoms with E-state index in [0.717, 1.165) is 18.7 Å². The van der Waals surface area contributed by atoms with Crippen LogP contribution in [-0.4, -0.2) is 29.1 Å². The molecule has 26 heavy (non-hydrogen) atoms. The van der Waals surface area contributed by atoms with Crippen molar-refractivity contribution < 1.29 is 15.0 Å². The summed E-state index contributed by atoms with van der Waals surface area (Å²) < 4.78 is 0. The van der Waals surface area contributed by atoms with Gasteiger partial charge < -0.3 is 20.8 Å². The van der Waals surface area contributed by atoms with Crippen molar-refractivity contribution in [2.75, 3.05) is 13.1 Å². The smallest absolute Gasteiger partial charge is 0.197 e. The number of aromatic hydroxyl groups is 2. The topological polar surface area (TPSA) is 81.6 Å². The summed E-state index contributed by atoms with van der Waals surface area (Å²) in [5.41, 5.74) is 2.10. The summed E-state index contributed by atoms with van der Waals surface area (Å²) >= 11 is 0. The molecule has 0 spiro atoms. The number of hydrogen-bond donors (Lipinski definition) is 4. The van der Waals surface area contributed by atoms with E-state index in [0.29, 0.717) is 22.5 Å². The molecule has 0 aliphatic carbocycles. The van der Waals surface area contributed by atoms with Gasteiger partial charge in [-0.05, 0) is 28.7 Å². The second-order valence-corrected chi connectivity index (χ2v) is 7.44. The van der Waals surface area contributed by atoms with Crippen LogP contribution in [0.4, 0.5) is 0 Å². The van der Waals surface area contributed by atoms with Crippen molar-refractivity contribution in [3.63, 3.8) is 0 Å². The fraction of sp³-hybridized carbons (Fsp3) is 0.286. The van der Waals surface area contributed by atoms with E-state index in [9.17, 15) is 15.0 Å². The molecule has 1 heterocycles. The summed E-state index contributed by atoms with van der Waals surface area (Å²) in [5.74, 6) is 0.0695. The number of phenolic OH excluding ortho intramolecular Hbond substituents is 2. The molecule has 0 atom stereocenters. The summed E-state index contributed by atoms with van der Waals surface area (Å²) in [5, 5.41) is 26.6.